The molecule has 0 amide bonds. The van der Waals surface area contributed by atoms with Crippen LogP contribution in [-0.4, -0.2) is 4.26 Å². The first-order chi connectivity index (χ1) is 23.5. The van der Waals surface area contributed by atoms with E-state index in [4.69, 9.17) is 27.5 Å². The van der Waals surface area contributed by atoms with Gasteiger partial charge >= 0.3 is 314 Å². The van der Waals surface area contributed by atoms with Gasteiger partial charge in [-0.15, -0.1) is 24.8 Å². The summed E-state index contributed by atoms with van der Waals surface area (Å²) in [6, 6.07) is 27.2. The molecule has 274 valence electrons. The molecular formula is C47H54Cl4Hf. The Labute approximate surface area is 336 Å². The molecule has 1 fully saturated rings. The summed E-state index contributed by atoms with van der Waals surface area (Å²) in [5.74, 6) is 0.400. The molecule has 5 heteroatoms. The predicted molar refractivity (Wildman–Crippen MR) is 229 cm³/mol. The molecule has 0 aromatic heterocycles. The quantitative estimate of drug-likeness (QED) is 0.229. The van der Waals surface area contributed by atoms with Crippen LogP contribution in [0.1, 0.15) is 85.8 Å². The van der Waals surface area contributed by atoms with Gasteiger partial charge in [0.2, 0.25) is 0 Å². The van der Waals surface area contributed by atoms with Gasteiger partial charge in [-0.1, -0.05) is 0 Å². The van der Waals surface area contributed by atoms with E-state index in [2.05, 4.69) is 159 Å². The number of allylic oxidation sites excluding steroid dienone is 10. The van der Waals surface area contributed by atoms with Crippen LogP contribution in [0.15, 0.2) is 123 Å². The third-order valence-electron chi connectivity index (χ3n) is 16.8. The van der Waals surface area contributed by atoms with Crippen LogP contribution in [0.4, 0.5) is 0 Å². The van der Waals surface area contributed by atoms with Gasteiger partial charge in [0, 0.05) is 0 Å². The van der Waals surface area contributed by atoms with Gasteiger partial charge in [-0.05, 0) is 0 Å². The van der Waals surface area contributed by atoms with Crippen molar-refractivity contribution < 1.29 is 18.0 Å². The Morgan fingerprint density at radius 2 is 1.29 bits per heavy atom. The van der Waals surface area contributed by atoms with Crippen LogP contribution in [0.5, 0.6) is 0 Å². The normalized spacial score (nSPS) is 27.8. The van der Waals surface area contributed by atoms with Crippen LogP contribution in [0.3, 0.4) is 0 Å². The molecule has 5 aliphatic carbocycles. The van der Waals surface area contributed by atoms with Crippen molar-refractivity contribution in [3.63, 3.8) is 0 Å². The minimum atomic E-state index is -5.42. The molecule has 52 heavy (non-hydrogen) atoms. The number of halogens is 4. The van der Waals surface area contributed by atoms with E-state index >= 15 is 0 Å². The maximum atomic E-state index is 6.76. The van der Waals surface area contributed by atoms with Crippen molar-refractivity contribution in [2.45, 2.75) is 84.2 Å². The average Bonchev–Trinajstić information content (AvgIpc) is 3.77. The number of fused-ring (bicyclic) bond motifs is 6. The van der Waals surface area contributed by atoms with Gasteiger partial charge < -0.3 is 0 Å². The fraction of sp³-hybridized carbons (Fsp3) is 0.383. The van der Waals surface area contributed by atoms with Gasteiger partial charge in [-0.2, -0.15) is 0 Å². The van der Waals surface area contributed by atoms with Crippen LogP contribution >= 0.6 is 48.0 Å². The molecule has 3 aromatic carbocycles. The summed E-state index contributed by atoms with van der Waals surface area (Å²) in [5, 5.41) is 1.53. The minimum absolute atomic E-state index is 0. The molecule has 0 aliphatic heterocycles. The number of benzene rings is 3. The molecule has 8 rings (SSSR count). The number of hydrogen-bond acceptors (Lipinski definition) is 0. The van der Waals surface area contributed by atoms with Crippen molar-refractivity contribution >= 4 is 64.5 Å². The van der Waals surface area contributed by atoms with Crippen LogP contribution in [0.25, 0.3) is 5.57 Å². The Bertz CT molecular complexity index is 2140. The van der Waals surface area contributed by atoms with Crippen LogP contribution < -0.4 is 6.64 Å². The number of rotatable bonds is 4. The summed E-state index contributed by atoms with van der Waals surface area (Å²) in [4.78, 5) is 0. The first kappa shape index (κ1) is 39.9. The second kappa shape index (κ2) is 12.6. The van der Waals surface area contributed by atoms with Crippen LogP contribution in [-0.2, 0) is 24.4 Å². The van der Waals surface area contributed by atoms with Crippen molar-refractivity contribution in [3.05, 3.63) is 144 Å². The van der Waals surface area contributed by atoms with Crippen LogP contribution in [0, 0.1) is 27.6 Å². The summed E-state index contributed by atoms with van der Waals surface area (Å²) < 4.78 is 10.0. The summed E-state index contributed by atoms with van der Waals surface area (Å²) in [7, 11) is 0. The maximum absolute atomic E-state index is 6.76. The van der Waals surface area contributed by atoms with Crippen molar-refractivity contribution in [2.24, 2.45) is 27.6 Å². The fourth-order valence-electron chi connectivity index (χ4n) is 12.8. The van der Waals surface area contributed by atoms with Gasteiger partial charge in [0.05, 0.1) is 0 Å². The molecule has 0 heterocycles. The molecule has 0 bridgehead atoms. The van der Waals surface area contributed by atoms with E-state index in [1.54, 1.807) is 16.7 Å². The van der Waals surface area contributed by atoms with Crippen molar-refractivity contribution in [1.82, 2.24) is 0 Å². The molecule has 0 radical (unpaired) electrons. The van der Waals surface area contributed by atoms with Gasteiger partial charge in [-0.3, -0.25) is 0 Å². The van der Waals surface area contributed by atoms with Crippen molar-refractivity contribution in [2.75, 3.05) is 0 Å². The Morgan fingerprint density at radius 3 is 1.85 bits per heavy atom. The summed E-state index contributed by atoms with van der Waals surface area (Å²) in [6.45, 7) is 21.1. The summed E-state index contributed by atoms with van der Waals surface area (Å²) in [6.07, 6.45) is 16.3. The van der Waals surface area contributed by atoms with Crippen molar-refractivity contribution in [3.8, 4) is 0 Å². The van der Waals surface area contributed by atoms with Gasteiger partial charge in [-0.25, -0.2) is 0 Å². The van der Waals surface area contributed by atoms with E-state index in [-0.39, 0.29) is 49.6 Å². The first-order valence-electron chi connectivity index (χ1n) is 18.6. The third kappa shape index (κ3) is 4.36. The Hall–Kier alpha value is -1.74. The van der Waals surface area contributed by atoms with E-state index in [1.807, 2.05) is 0 Å². The Kier molecular flexibility index (Phi) is 9.71. The summed E-state index contributed by atoms with van der Waals surface area (Å²) in [5.41, 5.74) is 8.76. The average molecular weight is 939 g/mol. The molecule has 3 aromatic rings. The molecule has 0 nitrogen and oxygen atoms in total. The van der Waals surface area contributed by atoms with Crippen molar-refractivity contribution in [1.29, 1.82) is 0 Å². The van der Waals surface area contributed by atoms with Gasteiger partial charge in [0.1, 0.15) is 0 Å². The van der Waals surface area contributed by atoms with E-state index in [9.17, 15) is 0 Å². The second-order valence-electron chi connectivity index (χ2n) is 18.0. The Balaban J connectivity index is 0.00000232. The molecular weight excluding hydrogens is 885 g/mol. The first-order valence-corrected chi connectivity index (χ1v) is 29.1. The predicted octanol–water partition coefficient (Wildman–Crippen LogP) is 13.3. The number of hydrogen-bond donors (Lipinski definition) is 0. The monoisotopic (exact) mass is 938 g/mol. The van der Waals surface area contributed by atoms with E-state index in [0.29, 0.717) is 5.92 Å². The zero-order valence-corrected chi connectivity index (χ0v) is 38.7. The van der Waals surface area contributed by atoms with Gasteiger partial charge in [0.15, 0.2) is 0 Å². The zero-order valence-electron chi connectivity index (χ0n) is 32.0. The topological polar surface area (TPSA) is 0 Å². The summed E-state index contributed by atoms with van der Waals surface area (Å²) >= 11 is 8.10. The standard InChI is InChI=1S/C29H37.2C6H4Cl.C5H5.CH2.2ClH.Hf/c1-18-25-22-17-19-13-9-10-14-20(19)24(22)21-15-11-12-16-23(21)29(25,8)28(6,7)27(4,5)26(18,2)3;2*7-6-4-2-1-3-5-6;1-2-4-5-3-1;;;;/h9-11,13-15,23H,12,16-17H2,1-8H3;2*2-5H;1-3H,4H2;1H2;2*1H;. The molecule has 0 N–H and O–H groups in total. The Morgan fingerprint density at radius 1 is 0.712 bits per heavy atom. The zero-order chi connectivity index (χ0) is 35.7. The van der Waals surface area contributed by atoms with E-state index in [0.717, 1.165) is 35.7 Å². The molecule has 0 saturated heterocycles. The second-order valence-corrected chi connectivity index (χ2v) is 39.4. The van der Waals surface area contributed by atoms with E-state index in [1.165, 1.54) is 26.7 Å². The molecule has 5 aliphatic rings. The molecule has 0 spiro atoms. The molecule has 1 saturated carbocycles. The van der Waals surface area contributed by atoms with Crippen LogP contribution in [0.2, 0.25) is 13.2 Å². The third-order valence-corrected chi connectivity index (χ3v) is 46.3. The molecule has 3 unspecified atom stereocenters. The SMILES string of the molecule is Cl.Cl.[CH2]=[Hf]([C]1=CC=CC1)([c]1ccc(Cl)cc1)([c]1ccc(Cl)cc1)[C]1(C)C2=C3Cc4ccccc4C3=C3C=CCCC3C2(C)C(C)(C)C(C)(C)C1(C)C. The molecule has 3 atom stereocenters. The van der Waals surface area contributed by atoms with E-state index < -0.39 is 18.0 Å². The van der Waals surface area contributed by atoms with Gasteiger partial charge in [0.25, 0.3) is 0 Å². The fourth-order valence-corrected chi connectivity index (χ4v) is 43.1.